The van der Waals surface area contributed by atoms with Gasteiger partial charge in [-0.05, 0) is 41.7 Å². The molecule has 0 aliphatic carbocycles. The summed E-state index contributed by atoms with van der Waals surface area (Å²) in [7, 11) is 0. The predicted octanol–water partition coefficient (Wildman–Crippen LogP) is 2.88. The molecule has 1 heterocycles. The van der Waals surface area contributed by atoms with E-state index in [9.17, 15) is 9.59 Å². The number of hydrogen-bond acceptors (Lipinski definition) is 3. The third kappa shape index (κ3) is 4.95. The Morgan fingerprint density at radius 2 is 1.81 bits per heavy atom. The monoisotopic (exact) mass is 366 g/mol. The highest BCUT2D eigenvalue weighted by Gasteiger charge is 2.22. The number of amides is 1. The Hall–Kier alpha value is -2.66. The Labute approximate surface area is 160 Å². The molecule has 0 fully saturated rings. The third-order valence-corrected chi connectivity index (χ3v) is 5.25. The van der Waals surface area contributed by atoms with Gasteiger partial charge in [0.2, 0.25) is 5.91 Å². The highest BCUT2D eigenvalue weighted by molar-refractivity contribution is 5.87. The standard InChI is InChI=1S/C22H26N2O3/c1-2-20(24-12-11-17-5-3-4-6-19(17)15-24)14-23-21(25)13-16-7-9-18(10-8-16)22(26)27/h3-10,20H,2,11-15H2,1H3,(H,23,25)(H,26,27). The molecule has 27 heavy (non-hydrogen) atoms. The molecule has 0 bridgehead atoms. The summed E-state index contributed by atoms with van der Waals surface area (Å²) in [5.74, 6) is -0.992. The maximum absolute atomic E-state index is 12.3. The number of nitrogens with zero attached hydrogens (tertiary/aromatic N) is 1. The molecule has 5 nitrogen and oxygen atoms in total. The van der Waals surface area contributed by atoms with Crippen molar-refractivity contribution in [1.29, 1.82) is 0 Å². The van der Waals surface area contributed by atoms with Crippen molar-refractivity contribution in [2.75, 3.05) is 13.1 Å². The average Bonchev–Trinajstić information content (AvgIpc) is 2.68. The van der Waals surface area contributed by atoms with E-state index in [0.717, 1.165) is 31.5 Å². The number of aromatic carboxylic acids is 1. The van der Waals surface area contributed by atoms with Gasteiger partial charge in [0.1, 0.15) is 0 Å². The lowest BCUT2D eigenvalue weighted by atomic mass is 9.98. The Balaban J connectivity index is 1.52. The summed E-state index contributed by atoms with van der Waals surface area (Å²) in [5.41, 5.74) is 3.86. The van der Waals surface area contributed by atoms with Crippen LogP contribution < -0.4 is 5.32 Å². The predicted molar refractivity (Wildman–Crippen MR) is 105 cm³/mol. The Bertz CT molecular complexity index is 801. The zero-order valence-corrected chi connectivity index (χ0v) is 15.6. The quantitative estimate of drug-likeness (QED) is 0.791. The van der Waals surface area contributed by atoms with Crippen LogP contribution in [0.25, 0.3) is 0 Å². The second-order valence-corrected chi connectivity index (χ2v) is 7.03. The van der Waals surface area contributed by atoms with Crippen LogP contribution in [0, 0.1) is 0 Å². The van der Waals surface area contributed by atoms with Crippen LogP contribution in [-0.4, -0.2) is 41.0 Å². The van der Waals surface area contributed by atoms with Gasteiger partial charge in [-0.2, -0.15) is 0 Å². The molecule has 1 amide bonds. The minimum absolute atomic E-state index is 0.0334. The normalized spacial score (nSPS) is 15.0. The van der Waals surface area contributed by atoms with Crippen molar-refractivity contribution in [2.24, 2.45) is 0 Å². The highest BCUT2D eigenvalue weighted by Crippen LogP contribution is 2.21. The number of carbonyl (C=O) groups excluding carboxylic acids is 1. The molecule has 1 aliphatic rings. The minimum atomic E-state index is -0.958. The van der Waals surface area contributed by atoms with E-state index in [-0.39, 0.29) is 17.9 Å². The summed E-state index contributed by atoms with van der Waals surface area (Å²) in [6.07, 6.45) is 2.30. The smallest absolute Gasteiger partial charge is 0.335 e. The van der Waals surface area contributed by atoms with Gasteiger partial charge in [0, 0.05) is 25.7 Å². The van der Waals surface area contributed by atoms with E-state index in [1.54, 1.807) is 12.1 Å². The molecule has 1 aliphatic heterocycles. The second kappa shape index (κ2) is 8.82. The molecule has 2 N–H and O–H groups in total. The van der Waals surface area contributed by atoms with Crippen LogP contribution in [-0.2, 0) is 24.2 Å². The van der Waals surface area contributed by atoms with E-state index in [0.29, 0.717) is 12.6 Å². The maximum atomic E-state index is 12.3. The lowest BCUT2D eigenvalue weighted by Crippen LogP contribution is -2.46. The van der Waals surface area contributed by atoms with Gasteiger partial charge in [-0.25, -0.2) is 4.79 Å². The number of carboxylic acid groups (broad SMARTS) is 1. The maximum Gasteiger partial charge on any atom is 0.335 e. The molecule has 1 unspecified atom stereocenters. The lowest BCUT2D eigenvalue weighted by molar-refractivity contribution is -0.120. The fraction of sp³-hybridized carbons (Fsp3) is 0.364. The largest absolute Gasteiger partial charge is 0.478 e. The van der Waals surface area contributed by atoms with Crippen molar-refractivity contribution in [1.82, 2.24) is 10.2 Å². The van der Waals surface area contributed by atoms with Crippen LogP contribution in [0.4, 0.5) is 0 Å². The molecular weight excluding hydrogens is 340 g/mol. The summed E-state index contributed by atoms with van der Waals surface area (Å²) in [5, 5.41) is 12.0. The summed E-state index contributed by atoms with van der Waals surface area (Å²) in [4.78, 5) is 25.6. The second-order valence-electron chi connectivity index (χ2n) is 7.03. The van der Waals surface area contributed by atoms with Crippen molar-refractivity contribution in [2.45, 2.75) is 38.8 Å². The van der Waals surface area contributed by atoms with E-state index < -0.39 is 5.97 Å². The van der Waals surface area contributed by atoms with Gasteiger partial charge in [-0.3, -0.25) is 9.69 Å². The number of carbonyl (C=O) groups is 2. The van der Waals surface area contributed by atoms with Gasteiger partial charge >= 0.3 is 5.97 Å². The van der Waals surface area contributed by atoms with E-state index in [1.165, 1.54) is 23.3 Å². The summed E-state index contributed by atoms with van der Waals surface area (Å²) in [6.45, 7) is 4.73. The molecule has 0 saturated heterocycles. The summed E-state index contributed by atoms with van der Waals surface area (Å²) < 4.78 is 0. The first-order valence-electron chi connectivity index (χ1n) is 9.46. The van der Waals surface area contributed by atoms with E-state index in [1.807, 2.05) is 0 Å². The van der Waals surface area contributed by atoms with Crippen molar-refractivity contribution in [3.05, 3.63) is 70.8 Å². The number of fused-ring (bicyclic) bond motifs is 1. The number of benzene rings is 2. The average molecular weight is 366 g/mol. The van der Waals surface area contributed by atoms with Crippen LogP contribution in [0.1, 0.15) is 40.4 Å². The molecule has 0 radical (unpaired) electrons. The molecule has 0 spiro atoms. The first-order chi connectivity index (χ1) is 13.1. The van der Waals surface area contributed by atoms with Gasteiger partial charge in [-0.15, -0.1) is 0 Å². The number of hydrogen-bond donors (Lipinski definition) is 2. The third-order valence-electron chi connectivity index (χ3n) is 5.25. The van der Waals surface area contributed by atoms with Gasteiger partial charge in [0.25, 0.3) is 0 Å². The number of rotatable bonds is 7. The summed E-state index contributed by atoms with van der Waals surface area (Å²) in [6, 6.07) is 15.3. The first kappa shape index (κ1) is 19.1. The van der Waals surface area contributed by atoms with Crippen LogP contribution in [0.5, 0.6) is 0 Å². The topological polar surface area (TPSA) is 69.6 Å². The van der Waals surface area contributed by atoms with Crippen LogP contribution in [0.3, 0.4) is 0 Å². The number of carboxylic acids is 1. The Morgan fingerprint density at radius 1 is 1.11 bits per heavy atom. The van der Waals surface area contributed by atoms with Crippen LogP contribution >= 0.6 is 0 Å². The van der Waals surface area contributed by atoms with Gasteiger partial charge in [0.15, 0.2) is 0 Å². The van der Waals surface area contributed by atoms with E-state index in [2.05, 4.69) is 41.4 Å². The highest BCUT2D eigenvalue weighted by atomic mass is 16.4. The molecular formula is C22H26N2O3. The molecule has 0 saturated carbocycles. The molecule has 2 aromatic carbocycles. The molecule has 2 aromatic rings. The van der Waals surface area contributed by atoms with Crippen molar-refractivity contribution >= 4 is 11.9 Å². The van der Waals surface area contributed by atoms with E-state index in [4.69, 9.17) is 5.11 Å². The number of nitrogens with one attached hydrogen (secondary N) is 1. The zero-order valence-electron chi connectivity index (χ0n) is 15.6. The Kier molecular flexibility index (Phi) is 6.24. The van der Waals surface area contributed by atoms with Crippen LogP contribution in [0.15, 0.2) is 48.5 Å². The molecule has 142 valence electrons. The van der Waals surface area contributed by atoms with Crippen molar-refractivity contribution < 1.29 is 14.7 Å². The van der Waals surface area contributed by atoms with Gasteiger partial charge in [0.05, 0.1) is 12.0 Å². The fourth-order valence-corrected chi connectivity index (χ4v) is 3.61. The molecule has 5 heteroatoms. The molecule has 1 atom stereocenters. The van der Waals surface area contributed by atoms with Crippen LogP contribution in [0.2, 0.25) is 0 Å². The lowest BCUT2D eigenvalue weighted by Gasteiger charge is -2.35. The van der Waals surface area contributed by atoms with Gasteiger partial charge < -0.3 is 10.4 Å². The van der Waals surface area contributed by atoms with Crippen molar-refractivity contribution in [3.8, 4) is 0 Å². The van der Waals surface area contributed by atoms with E-state index >= 15 is 0 Å². The minimum Gasteiger partial charge on any atom is -0.478 e. The molecule has 0 aromatic heterocycles. The van der Waals surface area contributed by atoms with Crippen molar-refractivity contribution in [3.63, 3.8) is 0 Å². The van der Waals surface area contributed by atoms with Gasteiger partial charge in [-0.1, -0.05) is 43.3 Å². The Morgan fingerprint density at radius 3 is 2.48 bits per heavy atom. The SMILES string of the molecule is CCC(CNC(=O)Cc1ccc(C(=O)O)cc1)N1CCc2ccccc2C1. The first-order valence-corrected chi connectivity index (χ1v) is 9.46. The molecule has 3 rings (SSSR count). The fourth-order valence-electron chi connectivity index (χ4n) is 3.61. The zero-order chi connectivity index (χ0) is 19.2. The summed E-state index contributed by atoms with van der Waals surface area (Å²) >= 11 is 0.